The highest BCUT2D eigenvalue weighted by atomic mass is 16.4. The highest BCUT2D eigenvalue weighted by molar-refractivity contribution is 5.89. The van der Waals surface area contributed by atoms with Gasteiger partial charge in [-0.3, -0.25) is 4.79 Å². The number of carboxylic acids is 1. The third-order valence-electron chi connectivity index (χ3n) is 3.54. The summed E-state index contributed by atoms with van der Waals surface area (Å²) in [7, 11) is 0. The maximum Gasteiger partial charge on any atom is 0.314 e. The second-order valence-corrected chi connectivity index (χ2v) is 4.63. The van der Waals surface area contributed by atoms with E-state index >= 15 is 0 Å². The molecule has 3 nitrogen and oxygen atoms in total. The van der Waals surface area contributed by atoms with E-state index in [0.717, 1.165) is 16.3 Å². The van der Waals surface area contributed by atoms with Crippen LogP contribution in [0.15, 0.2) is 36.4 Å². The van der Waals surface area contributed by atoms with Crippen molar-refractivity contribution in [2.24, 2.45) is 0 Å². The van der Waals surface area contributed by atoms with Gasteiger partial charge in [-0.1, -0.05) is 18.2 Å². The fraction of sp³-hybridized carbons (Fsp3) is 0.214. The summed E-state index contributed by atoms with van der Waals surface area (Å²) >= 11 is 0. The molecular formula is C14H12O3. The van der Waals surface area contributed by atoms with E-state index in [1.54, 1.807) is 12.1 Å². The van der Waals surface area contributed by atoms with Gasteiger partial charge in [-0.2, -0.15) is 0 Å². The van der Waals surface area contributed by atoms with Gasteiger partial charge in [0.1, 0.15) is 5.75 Å². The fourth-order valence-electron chi connectivity index (χ4n) is 2.28. The predicted molar refractivity (Wildman–Crippen MR) is 64.2 cm³/mol. The van der Waals surface area contributed by atoms with Crippen molar-refractivity contribution in [1.82, 2.24) is 0 Å². The largest absolute Gasteiger partial charge is 0.508 e. The summed E-state index contributed by atoms with van der Waals surface area (Å²) in [6.45, 7) is 0. The average Bonchev–Trinajstić information content (AvgIpc) is 3.09. The third-order valence-corrected chi connectivity index (χ3v) is 3.54. The molecule has 86 valence electrons. The Morgan fingerprint density at radius 2 is 1.76 bits per heavy atom. The zero-order valence-corrected chi connectivity index (χ0v) is 9.18. The molecule has 0 spiro atoms. The van der Waals surface area contributed by atoms with Gasteiger partial charge in [0.05, 0.1) is 5.41 Å². The molecule has 1 fully saturated rings. The molecule has 2 N–H and O–H groups in total. The van der Waals surface area contributed by atoms with Crippen molar-refractivity contribution in [2.75, 3.05) is 0 Å². The summed E-state index contributed by atoms with van der Waals surface area (Å²) in [5.74, 6) is -0.549. The summed E-state index contributed by atoms with van der Waals surface area (Å²) in [4.78, 5) is 11.2. The van der Waals surface area contributed by atoms with Crippen LogP contribution < -0.4 is 0 Å². The van der Waals surface area contributed by atoms with Crippen molar-refractivity contribution < 1.29 is 15.0 Å². The normalized spacial score (nSPS) is 16.9. The first-order valence-corrected chi connectivity index (χ1v) is 5.58. The minimum atomic E-state index is -0.753. The number of carboxylic acid groups (broad SMARTS) is 1. The molecule has 0 unspecified atom stereocenters. The first-order chi connectivity index (χ1) is 8.12. The van der Waals surface area contributed by atoms with Crippen LogP contribution >= 0.6 is 0 Å². The van der Waals surface area contributed by atoms with E-state index in [2.05, 4.69) is 0 Å². The molecule has 2 aromatic rings. The van der Waals surface area contributed by atoms with Crippen LogP contribution in [0.1, 0.15) is 18.4 Å². The molecule has 0 heterocycles. The lowest BCUT2D eigenvalue weighted by atomic mass is 9.94. The Bertz CT molecular complexity index is 612. The molecular weight excluding hydrogens is 216 g/mol. The van der Waals surface area contributed by atoms with Crippen LogP contribution in [0.4, 0.5) is 0 Å². The van der Waals surface area contributed by atoms with Gasteiger partial charge in [-0.15, -0.1) is 0 Å². The van der Waals surface area contributed by atoms with Crippen LogP contribution in [0.2, 0.25) is 0 Å². The lowest BCUT2D eigenvalue weighted by Gasteiger charge is -2.11. The molecule has 0 radical (unpaired) electrons. The zero-order valence-electron chi connectivity index (χ0n) is 9.18. The van der Waals surface area contributed by atoms with Crippen LogP contribution in [0.3, 0.4) is 0 Å². The SMILES string of the molecule is O=C(O)C1(c2ccc3ccc(O)cc3c2)CC1. The quantitative estimate of drug-likeness (QED) is 0.830. The van der Waals surface area contributed by atoms with Crippen LogP contribution in [-0.4, -0.2) is 16.2 Å². The van der Waals surface area contributed by atoms with E-state index in [0.29, 0.717) is 12.8 Å². The van der Waals surface area contributed by atoms with Crippen molar-refractivity contribution in [1.29, 1.82) is 0 Å². The standard InChI is InChI=1S/C14H12O3/c15-12-4-2-9-1-3-11(7-10(9)8-12)14(5-6-14)13(16)17/h1-4,7-8,15H,5-6H2,(H,16,17). The summed E-state index contributed by atoms with van der Waals surface area (Å²) in [6, 6.07) is 10.8. The molecule has 0 aromatic heterocycles. The topological polar surface area (TPSA) is 57.5 Å². The molecule has 0 amide bonds. The number of hydrogen-bond acceptors (Lipinski definition) is 2. The van der Waals surface area contributed by atoms with Gasteiger partial charge in [0.25, 0.3) is 0 Å². The molecule has 1 saturated carbocycles. The number of rotatable bonds is 2. The van der Waals surface area contributed by atoms with E-state index in [-0.39, 0.29) is 5.75 Å². The van der Waals surface area contributed by atoms with Gasteiger partial charge >= 0.3 is 5.97 Å². The van der Waals surface area contributed by atoms with Crippen molar-refractivity contribution in [3.05, 3.63) is 42.0 Å². The van der Waals surface area contributed by atoms with Gasteiger partial charge < -0.3 is 10.2 Å². The highest BCUT2D eigenvalue weighted by Crippen LogP contribution is 2.49. The fourth-order valence-corrected chi connectivity index (χ4v) is 2.28. The second-order valence-electron chi connectivity index (χ2n) is 4.63. The van der Waals surface area contributed by atoms with Crippen molar-refractivity contribution in [3.63, 3.8) is 0 Å². The Balaban J connectivity index is 2.16. The number of hydrogen-bond donors (Lipinski definition) is 2. The summed E-state index contributed by atoms with van der Waals surface area (Å²) < 4.78 is 0. The minimum absolute atomic E-state index is 0.204. The molecule has 17 heavy (non-hydrogen) atoms. The van der Waals surface area contributed by atoms with Gasteiger partial charge in [0.15, 0.2) is 0 Å². The Kier molecular flexibility index (Phi) is 1.93. The van der Waals surface area contributed by atoms with E-state index in [4.69, 9.17) is 0 Å². The first kappa shape index (κ1) is 10.1. The number of aliphatic carboxylic acids is 1. The molecule has 2 aromatic carbocycles. The van der Waals surface area contributed by atoms with Gasteiger partial charge in [-0.05, 0) is 47.4 Å². The summed E-state index contributed by atoms with van der Waals surface area (Å²) in [5.41, 5.74) is 0.155. The smallest absolute Gasteiger partial charge is 0.314 e. The third kappa shape index (κ3) is 1.46. The minimum Gasteiger partial charge on any atom is -0.508 e. The Morgan fingerprint density at radius 1 is 1.06 bits per heavy atom. The van der Waals surface area contributed by atoms with Crippen LogP contribution in [0.5, 0.6) is 5.75 Å². The lowest BCUT2D eigenvalue weighted by Crippen LogP contribution is -2.19. The molecule has 3 heteroatoms. The van der Waals surface area contributed by atoms with E-state index in [1.807, 2.05) is 24.3 Å². The van der Waals surface area contributed by atoms with Gasteiger partial charge in [0.2, 0.25) is 0 Å². The highest BCUT2D eigenvalue weighted by Gasteiger charge is 2.51. The van der Waals surface area contributed by atoms with E-state index < -0.39 is 11.4 Å². The second kappa shape index (κ2) is 3.23. The molecule has 0 atom stereocenters. The Morgan fingerprint density at radius 3 is 2.41 bits per heavy atom. The number of benzene rings is 2. The number of fused-ring (bicyclic) bond motifs is 1. The van der Waals surface area contributed by atoms with Crippen LogP contribution in [0.25, 0.3) is 10.8 Å². The van der Waals surface area contributed by atoms with Gasteiger partial charge in [0, 0.05) is 0 Å². The van der Waals surface area contributed by atoms with E-state index in [1.165, 1.54) is 0 Å². The Labute approximate surface area is 98.3 Å². The summed E-state index contributed by atoms with van der Waals surface area (Å²) in [6.07, 6.45) is 1.40. The molecule has 0 saturated heterocycles. The van der Waals surface area contributed by atoms with E-state index in [9.17, 15) is 15.0 Å². The molecule has 0 aliphatic heterocycles. The van der Waals surface area contributed by atoms with Crippen LogP contribution in [0, 0.1) is 0 Å². The molecule has 3 rings (SSSR count). The molecule has 1 aliphatic rings. The average molecular weight is 228 g/mol. The number of aromatic hydroxyl groups is 1. The van der Waals surface area contributed by atoms with Crippen molar-refractivity contribution in [2.45, 2.75) is 18.3 Å². The summed E-state index contributed by atoms with van der Waals surface area (Å²) in [5, 5.41) is 20.6. The monoisotopic (exact) mass is 228 g/mol. The zero-order chi connectivity index (χ0) is 12.0. The number of phenolic OH excluding ortho intramolecular Hbond substituents is 1. The lowest BCUT2D eigenvalue weighted by molar-refractivity contribution is -0.140. The maximum absolute atomic E-state index is 11.2. The van der Waals surface area contributed by atoms with Crippen molar-refractivity contribution in [3.8, 4) is 5.75 Å². The molecule has 1 aliphatic carbocycles. The number of carbonyl (C=O) groups is 1. The Hall–Kier alpha value is -2.03. The predicted octanol–water partition coefficient (Wildman–Crippen LogP) is 2.66. The molecule has 0 bridgehead atoms. The van der Waals surface area contributed by atoms with Crippen LogP contribution in [-0.2, 0) is 10.2 Å². The maximum atomic E-state index is 11.2. The van der Waals surface area contributed by atoms with Crippen molar-refractivity contribution >= 4 is 16.7 Å². The first-order valence-electron chi connectivity index (χ1n) is 5.58. The number of phenols is 1. The van der Waals surface area contributed by atoms with Gasteiger partial charge in [-0.25, -0.2) is 0 Å².